The molecule has 5 nitrogen and oxygen atoms in total. The topological polar surface area (TPSA) is 46.4 Å². The molecule has 1 fully saturated rings. The molecule has 2 aromatic carbocycles. The Labute approximate surface area is 168 Å². The van der Waals surface area contributed by atoms with Gasteiger partial charge in [0.2, 0.25) is 0 Å². The molecular weight excluding hydrogens is 352 g/mol. The maximum Gasteiger partial charge on any atom is 0.142 e. The van der Waals surface area contributed by atoms with Gasteiger partial charge in [0.05, 0.1) is 51.7 Å². The molecule has 0 aromatic heterocycles. The van der Waals surface area contributed by atoms with Gasteiger partial charge in [0.25, 0.3) is 0 Å². The van der Waals surface area contributed by atoms with E-state index in [-0.39, 0.29) is 6.10 Å². The van der Waals surface area contributed by atoms with Gasteiger partial charge in [-0.25, -0.2) is 0 Å². The first kappa shape index (κ1) is 20.6. The molecule has 28 heavy (non-hydrogen) atoms. The number of methoxy groups -OCH3 is 1. The van der Waals surface area contributed by atoms with Gasteiger partial charge in [0.1, 0.15) is 18.4 Å². The van der Waals surface area contributed by atoms with Crippen LogP contribution in [0, 0.1) is 0 Å². The number of rotatable bonds is 9. The molecule has 5 heteroatoms. The first-order valence-corrected chi connectivity index (χ1v) is 10.3. The SMILES string of the molecule is CC[C@H](OC[C@H](O)C[NH+]1CCN(c2ccccc2OC)CC1)c1ccccc1. The van der Waals surface area contributed by atoms with Crippen LogP contribution in [0.3, 0.4) is 0 Å². The average molecular weight is 386 g/mol. The predicted octanol–water partition coefficient (Wildman–Crippen LogP) is 1.93. The maximum absolute atomic E-state index is 10.5. The number of ether oxygens (including phenoxy) is 2. The number of para-hydroxylation sites is 2. The summed E-state index contributed by atoms with van der Waals surface area (Å²) in [5, 5.41) is 10.5. The Morgan fingerprint density at radius 2 is 1.71 bits per heavy atom. The molecule has 0 spiro atoms. The Balaban J connectivity index is 1.44. The van der Waals surface area contributed by atoms with Gasteiger partial charge >= 0.3 is 0 Å². The van der Waals surface area contributed by atoms with Gasteiger partial charge in [-0.1, -0.05) is 49.4 Å². The molecule has 0 radical (unpaired) electrons. The summed E-state index contributed by atoms with van der Waals surface area (Å²) in [6.45, 7) is 7.16. The molecule has 1 aliphatic rings. The van der Waals surface area contributed by atoms with Crippen molar-refractivity contribution >= 4 is 5.69 Å². The number of aliphatic hydroxyl groups excluding tert-OH is 1. The lowest BCUT2D eigenvalue weighted by molar-refractivity contribution is -0.903. The van der Waals surface area contributed by atoms with Crippen LogP contribution < -0.4 is 14.5 Å². The van der Waals surface area contributed by atoms with Gasteiger partial charge in [0, 0.05) is 0 Å². The molecule has 3 rings (SSSR count). The van der Waals surface area contributed by atoms with Crippen LogP contribution in [0.2, 0.25) is 0 Å². The Bertz CT molecular complexity index is 702. The number of anilines is 1. The van der Waals surface area contributed by atoms with E-state index in [1.165, 1.54) is 10.5 Å². The number of quaternary nitrogens is 1. The highest BCUT2D eigenvalue weighted by atomic mass is 16.5. The first-order valence-electron chi connectivity index (χ1n) is 10.3. The van der Waals surface area contributed by atoms with Gasteiger partial charge in [0.15, 0.2) is 0 Å². The molecule has 2 N–H and O–H groups in total. The van der Waals surface area contributed by atoms with E-state index >= 15 is 0 Å². The van der Waals surface area contributed by atoms with Crippen LogP contribution in [-0.4, -0.2) is 57.7 Å². The zero-order chi connectivity index (χ0) is 19.8. The normalized spacial score (nSPS) is 17.3. The fourth-order valence-electron chi connectivity index (χ4n) is 3.90. The van der Waals surface area contributed by atoms with E-state index in [1.54, 1.807) is 7.11 Å². The Morgan fingerprint density at radius 1 is 1.04 bits per heavy atom. The van der Waals surface area contributed by atoms with E-state index in [4.69, 9.17) is 9.47 Å². The third-order valence-electron chi connectivity index (χ3n) is 5.45. The summed E-state index contributed by atoms with van der Waals surface area (Å²) in [7, 11) is 1.72. The summed E-state index contributed by atoms with van der Waals surface area (Å²) < 4.78 is 11.5. The van der Waals surface area contributed by atoms with Crippen molar-refractivity contribution in [3.8, 4) is 5.75 Å². The fraction of sp³-hybridized carbons (Fsp3) is 0.478. The molecule has 0 aliphatic carbocycles. The van der Waals surface area contributed by atoms with Gasteiger partial charge in [-0.05, 0) is 24.1 Å². The van der Waals surface area contributed by atoms with Crippen LogP contribution in [0.1, 0.15) is 25.0 Å². The average Bonchev–Trinajstić information content (AvgIpc) is 2.75. The molecule has 0 amide bonds. The lowest BCUT2D eigenvalue weighted by Crippen LogP contribution is -3.16. The summed E-state index contributed by atoms with van der Waals surface area (Å²) in [6.07, 6.45) is 0.514. The Morgan fingerprint density at radius 3 is 2.39 bits per heavy atom. The lowest BCUT2D eigenvalue weighted by atomic mass is 10.1. The molecule has 2 aromatic rings. The number of nitrogens with one attached hydrogen (secondary N) is 1. The van der Waals surface area contributed by atoms with Crippen LogP contribution in [0.4, 0.5) is 5.69 Å². The fourth-order valence-corrected chi connectivity index (χ4v) is 3.90. The predicted molar refractivity (Wildman–Crippen MR) is 112 cm³/mol. The standard InChI is InChI=1S/C23H32N2O3/c1-3-22(19-9-5-4-6-10-19)28-18-20(26)17-24-13-15-25(16-14-24)21-11-7-8-12-23(21)27-2/h4-12,20,22,26H,3,13-18H2,1-2H3/p+1/t20-,22+/m1/s1. The molecule has 0 bridgehead atoms. The molecule has 152 valence electrons. The number of piperazine rings is 1. The zero-order valence-electron chi connectivity index (χ0n) is 17.0. The van der Waals surface area contributed by atoms with Crippen molar-refractivity contribution in [2.24, 2.45) is 0 Å². The number of nitrogens with zero attached hydrogens (tertiary/aromatic N) is 1. The summed E-state index contributed by atoms with van der Waals surface area (Å²) in [5.41, 5.74) is 2.33. The second-order valence-corrected chi connectivity index (χ2v) is 7.41. The smallest absolute Gasteiger partial charge is 0.142 e. The minimum atomic E-state index is -0.439. The largest absolute Gasteiger partial charge is 0.495 e. The van der Waals surface area contributed by atoms with Crippen LogP contribution in [-0.2, 0) is 4.74 Å². The Kier molecular flexibility index (Phi) is 7.71. The Hall–Kier alpha value is -2.08. The minimum Gasteiger partial charge on any atom is -0.495 e. The molecule has 1 saturated heterocycles. The molecule has 1 heterocycles. The van der Waals surface area contributed by atoms with E-state index < -0.39 is 6.10 Å². The number of hydrogen-bond donors (Lipinski definition) is 2. The molecule has 2 atom stereocenters. The van der Waals surface area contributed by atoms with Crippen molar-refractivity contribution < 1.29 is 19.5 Å². The van der Waals surface area contributed by atoms with Crippen LogP contribution in [0.25, 0.3) is 0 Å². The van der Waals surface area contributed by atoms with Crippen molar-refractivity contribution in [2.45, 2.75) is 25.6 Å². The second-order valence-electron chi connectivity index (χ2n) is 7.41. The highest BCUT2D eigenvalue weighted by Crippen LogP contribution is 2.27. The first-order chi connectivity index (χ1) is 13.7. The number of aliphatic hydroxyl groups is 1. The van der Waals surface area contributed by atoms with Gasteiger partial charge in [-0.15, -0.1) is 0 Å². The van der Waals surface area contributed by atoms with E-state index in [9.17, 15) is 5.11 Å². The molecule has 0 unspecified atom stereocenters. The summed E-state index contributed by atoms with van der Waals surface area (Å²) in [6, 6.07) is 18.4. The van der Waals surface area contributed by atoms with Gasteiger partial charge < -0.3 is 24.4 Å². The quantitative estimate of drug-likeness (QED) is 0.693. The molecule has 0 saturated carbocycles. The van der Waals surface area contributed by atoms with Gasteiger partial charge in [-0.2, -0.15) is 0 Å². The van der Waals surface area contributed by atoms with Crippen molar-refractivity contribution in [3.63, 3.8) is 0 Å². The highest BCUT2D eigenvalue weighted by molar-refractivity contribution is 5.58. The molecular formula is C23H33N2O3+. The monoisotopic (exact) mass is 385 g/mol. The van der Waals surface area contributed by atoms with E-state index in [0.717, 1.165) is 50.6 Å². The van der Waals surface area contributed by atoms with Gasteiger partial charge in [-0.3, -0.25) is 0 Å². The minimum absolute atomic E-state index is 0.0493. The number of hydrogen-bond acceptors (Lipinski definition) is 4. The van der Waals surface area contributed by atoms with Crippen LogP contribution in [0.15, 0.2) is 54.6 Å². The van der Waals surface area contributed by atoms with E-state index in [1.807, 2.05) is 30.3 Å². The maximum atomic E-state index is 10.5. The third-order valence-corrected chi connectivity index (χ3v) is 5.45. The van der Waals surface area contributed by atoms with Crippen molar-refractivity contribution in [2.75, 3.05) is 51.3 Å². The third kappa shape index (κ3) is 5.47. The summed E-state index contributed by atoms with van der Waals surface area (Å²) in [5.74, 6) is 0.922. The highest BCUT2D eigenvalue weighted by Gasteiger charge is 2.24. The van der Waals surface area contributed by atoms with E-state index in [0.29, 0.717) is 6.61 Å². The molecule has 1 aliphatic heterocycles. The van der Waals surface area contributed by atoms with Crippen molar-refractivity contribution in [1.82, 2.24) is 0 Å². The lowest BCUT2D eigenvalue weighted by Gasteiger charge is -2.35. The summed E-state index contributed by atoms with van der Waals surface area (Å²) >= 11 is 0. The second kappa shape index (κ2) is 10.5. The number of benzene rings is 2. The van der Waals surface area contributed by atoms with Crippen molar-refractivity contribution in [1.29, 1.82) is 0 Å². The van der Waals surface area contributed by atoms with Crippen LogP contribution in [0.5, 0.6) is 5.75 Å². The van der Waals surface area contributed by atoms with Crippen LogP contribution >= 0.6 is 0 Å². The zero-order valence-corrected chi connectivity index (χ0v) is 17.0. The summed E-state index contributed by atoms with van der Waals surface area (Å²) in [4.78, 5) is 3.79. The van der Waals surface area contributed by atoms with Crippen molar-refractivity contribution in [3.05, 3.63) is 60.2 Å². The van der Waals surface area contributed by atoms with E-state index in [2.05, 4.69) is 36.1 Å².